The van der Waals surface area contributed by atoms with Crippen LogP contribution in [0.25, 0.3) is 0 Å². The van der Waals surface area contributed by atoms with Gasteiger partial charge in [0.1, 0.15) is 6.04 Å². The number of nitrogens with zero attached hydrogens (tertiary/aromatic N) is 2. The molecule has 0 heterocycles. The van der Waals surface area contributed by atoms with Crippen LogP contribution in [0.2, 0.25) is 5.02 Å². The zero-order valence-corrected chi connectivity index (χ0v) is 17.0. The first kappa shape index (κ1) is 23.7. The van der Waals surface area contributed by atoms with Gasteiger partial charge in [0.15, 0.2) is 0 Å². The molecule has 0 aliphatic heterocycles. The summed E-state index contributed by atoms with van der Waals surface area (Å²) in [6.45, 7) is -0.415. The van der Waals surface area contributed by atoms with E-state index in [-0.39, 0.29) is 9.92 Å². The number of hydrogen-bond donors (Lipinski definition) is 1. The lowest BCUT2D eigenvalue weighted by Crippen LogP contribution is -2.47. The summed E-state index contributed by atoms with van der Waals surface area (Å²) in [4.78, 5) is 11.7. The maximum Gasteiger partial charge on any atom is 0.389 e. The minimum Gasteiger partial charge on any atom is -0.368 e. The Morgan fingerprint density at radius 1 is 1.13 bits per heavy atom. The summed E-state index contributed by atoms with van der Waals surface area (Å²) in [7, 11) is -4.40. The molecule has 0 saturated carbocycles. The van der Waals surface area contributed by atoms with Gasteiger partial charge in [-0.1, -0.05) is 23.7 Å². The molecular weight excluding hydrogens is 443 g/mol. The monoisotopic (exact) mass is 459 g/mol. The van der Waals surface area contributed by atoms with E-state index in [1.54, 1.807) is 0 Å². The quantitative estimate of drug-likeness (QED) is 0.651. The fourth-order valence-corrected chi connectivity index (χ4v) is 4.44. The number of nitrogens with two attached hydrogens (primary N) is 1. The second-order valence-electron chi connectivity index (χ2n) is 6.38. The third kappa shape index (κ3) is 6.19. The summed E-state index contributed by atoms with van der Waals surface area (Å²) < 4.78 is 65.3. The van der Waals surface area contributed by atoms with Crippen molar-refractivity contribution in [1.29, 1.82) is 5.26 Å². The Kier molecular flexibility index (Phi) is 7.47. The van der Waals surface area contributed by atoms with Crippen LogP contribution in [-0.4, -0.2) is 30.8 Å². The van der Waals surface area contributed by atoms with Gasteiger partial charge in [-0.15, -0.1) is 0 Å². The van der Waals surface area contributed by atoms with E-state index in [4.69, 9.17) is 22.6 Å². The van der Waals surface area contributed by atoms with Crippen LogP contribution in [0.1, 0.15) is 24.0 Å². The molecule has 2 rings (SSSR count). The van der Waals surface area contributed by atoms with Gasteiger partial charge in [-0.3, -0.25) is 4.79 Å². The average molecular weight is 460 g/mol. The topological polar surface area (TPSA) is 104 Å². The van der Waals surface area contributed by atoms with E-state index >= 15 is 0 Å². The maximum absolute atomic E-state index is 13.2. The molecule has 11 heteroatoms. The van der Waals surface area contributed by atoms with Crippen LogP contribution in [0.4, 0.5) is 13.2 Å². The van der Waals surface area contributed by atoms with Gasteiger partial charge < -0.3 is 5.73 Å². The molecule has 0 radical (unpaired) electrons. The summed E-state index contributed by atoms with van der Waals surface area (Å²) in [5.41, 5.74) is 5.97. The lowest BCUT2D eigenvalue weighted by atomic mass is 10.1. The molecule has 0 spiro atoms. The molecule has 0 saturated heterocycles. The average Bonchev–Trinajstić information content (AvgIpc) is 2.67. The molecule has 0 aliphatic rings. The van der Waals surface area contributed by atoms with Gasteiger partial charge in [-0.25, -0.2) is 8.42 Å². The predicted octanol–water partition coefficient (Wildman–Crippen LogP) is 3.60. The molecule has 0 aliphatic carbocycles. The molecular formula is C19H17ClF3N3O3S. The SMILES string of the molecule is N#Cc1ccc(CN([C@H](CCC(F)(F)F)C(N)=O)S(=O)(=O)c2ccc(Cl)cc2)cc1. The van der Waals surface area contributed by atoms with E-state index in [1.165, 1.54) is 48.5 Å². The highest BCUT2D eigenvalue weighted by molar-refractivity contribution is 7.89. The Morgan fingerprint density at radius 2 is 1.70 bits per heavy atom. The third-order valence-electron chi connectivity index (χ3n) is 4.22. The molecule has 2 N–H and O–H groups in total. The van der Waals surface area contributed by atoms with Crippen molar-refractivity contribution in [2.75, 3.05) is 0 Å². The van der Waals surface area contributed by atoms with Gasteiger partial charge >= 0.3 is 6.18 Å². The summed E-state index contributed by atoms with van der Waals surface area (Å²) >= 11 is 5.78. The van der Waals surface area contributed by atoms with E-state index in [0.29, 0.717) is 15.4 Å². The molecule has 6 nitrogen and oxygen atoms in total. The second kappa shape index (κ2) is 9.47. The van der Waals surface area contributed by atoms with Crippen LogP contribution >= 0.6 is 11.6 Å². The Bertz CT molecular complexity index is 1030. The lowest BCUT2D eigenvalue weighted by Gasteiger charge is -2.29. The second-order valence-corrected chi connectivity index (χ2v) is 8.71. The normalized spacial score (nSPS) is 13.1. The molecule has 2 aromatic rings. The van der Waals surface area contributed by atoms with Gasteiger partial charge in [-0.05, 0) is 48.4 Å². The smallest absolute Gasteiger partial charge is 0.368 e. The van der Waals surface area contributed by atoms with Gasteiger partial charge in [0.25, 0.3) is 0 Å². The highest BCUT2D eigenvalue weighted by Crippen LogP contribution is 2.28. The van der Waals surface area contributed by atoms with Crippen molar-refractivity contribution in [2.24, 2.45) is 5.73 Å². The molecule has 0 fully saturated rings. The van der Waals surface area contributed by atoms with E-state index < -0.39 is 47.5 Å². The van der Waals surface area contributed by atoms with Gasteiger partial charge in [0.05, 0.1) is 16.5 Å². The molecule has 160 valence electrons. The summed E-state index contributed by atoms with van der Waals surface area (Å²) in [6.07, 6.45) is -6.82. The van der Waals surface area contributed by atoms with Crippen LogP contribution in [0.3, 0.4) is 0 Å². The summed E-state index contributed by atoms with van der Waals surface area (Å²) in [5, 5.41) is 9.14. The Labute approximate surface area is 176 Å². The number of carbonyl (C=O) groups excluding carboxylic acids is 1. The van der Waals surface area contributed by atoms with E-state index in [9.17, 15) is 26.4 Å². The molecule has 1 amide bonds. The fraction of sp³-hybridized carbons (Fsp3) is 0.263. The first-order valence-electron chi connectivity index (χ1n) is 8.56. The van der Waals surface area contributed by atoms with Crippen molar-refractivity contribution in [3.8, 4) is 6.07 Å². The van der Waals surface area contributed by atoms with Gasteiger partial charge in [-0.2, -0.15) is 22.7 Å². The molecule has 0 aromatic heterocycles. The third-order valence-corrected chi connectivity index (χ3v) is 6.34. The number of carbonyl (C=O) groups is 1. The summed E-state index contributed by atoms with van der Waals surface area (Å²) in [5.74, 6) is -1.20. The zero-order chi connectivity index (χ0) is 22.5. The van der Waals surface area contributed by atoms with Crippen molar-refractivity contribution in [2.45, 2.75) is 36.5 Å². The molecule has 0 bridgehead atoms. The van der Waals surface area contributed by atoms with Gasteiger partial charge in [0.2, 0.25) is 15.9 Å². The van der Waals surface area contributed by atoms with Crippen LogP contribution in [-0.2, 0) is 21.4 Å². The number of rotatable bonds is 8. The Morgan fingerprint density at radius 3 is 2.17 bits per heavy atom. The maximum atomic E-state index is 13.2. The number of halogens is 4. The summed E-state index contributed by atoms with van der Waals surface area (Å²) in [6, 6.07) is 10.9. The largest absolute Gasteiger partial charge is 0.389 e. The van der Waals surface area contributed by atoms with E-state index in [1.807, 2.05) is 6.07 Å². The first-order chi connectivity index (χ1) is 13.9. The lowest BCUT2D eigenvalue weighted by molar-refractivity contribution is -0.140. The number of amides is 1. The van der Waals surface area contributed by atoms with Crippen molar-refractivity contribution in [3.05, 3.63) is 64.7 Å². The number of sulfonamides is 1. The highest BCUT2D eigenvalue weighted by atomic mass is 35.5. The highest BCUT2D eigenvalue weighted by Gasteiger charge is 2.38. The minimum absolute atomic E-state index is 0.251. The predicted molar refractivity (Wildman–Crippen MR) is 104 cm³/mol. The number of alkyl halides is 3. The van der Waals surface area contributed by atoms with Crippen LogP contribution in [0.15, 0.2) is 53.4 Å². The van der Waals surface area contributed by atoms with Crippen molar-refractivity contribution in [1.82, 2.24) is 4.31 Å². The minimum atomic E-state index is -4.60. The van der Waals surface area contributed by atoms with E-state index in [0.717, 1.165) is 0 Å². The van der Waals surface area contributed by atoms with Crippen molar-refractivity contribution >= 4 is 27.5 Å². The van der Waals surface area contributed by atoms with Crippen LogP contribution in [0, 0.1) is 11.3 Å². The molecule has 0 unspecified atom stereocenters. The van der Waals surface area contributed by atoms with Crippen molar-refractivity contribution in [3.63, 3.8) is 0 Å². The van der Waals surface area contributed by atoms with Crippen LogP contribution < -0.4 is 5.73 Å². The van der Waals surface area contributed by atoms with E-state index in [2.05, 4.69) is 0 Å². The van der Waals surface area contributed by atoms with Crippen molar-refractivity contribution < 1.29 is 26.4 Å². The first-order valence-corrected chi connectivity index (χ1v) is 10.4. The Hall–Kier alpha value is -2.61. The molecule has 30 heavy (non-hydrogen) atoms. The number of benzene rings is 2. The fourth-order valence-electron chi connectivity index (χ4n) is 2.70. The standard InChI is InChI=1S/C19H17ClF3N3O3S/c20-15-5-7-16(8-6-15)30(28,29)26(12-14-3-1-13(11-24)2-4-14)17(18(25)27)9-10-19(21,22)23/h1-8,17H,9-10,12H2,(H2,25,27)/t17-/m1/s1. The number of primary amides is 1. The number of nitriles is 1. The van der Waals surface area contributed by atoms with Gasteiger partial charge in [0, 0.05) is 18.0 Å². The zero-order valence-electron chi connectivity index (χ0n) is 15.4. The molecule has 1 atom stereocenters. The molecule has 2 aromatic carbocycles. The van der Waals surface area contributed by atoms with Crippen LogP contribution in [0.5, 0.6) is 0 Å². The number of hydrogen-bond acceptors (Lipinski definition) is 4. The Balaban J connectivity index is 2.49.